The third-order valence-electron chi connectivity index (χ3n) is 12.4. The molecule has 56 heavy (non-hydrogen) atoms. The lowest BCUT2D eigenvalue weighted by atomic mass is 9.70. The van der Waals surface area contributed by atoms with Crippen LogP contribution >= 0.6 is 0 Å². The Morgan fingerprint density at radius 1 is 0.321 bits per heavy atom. The van der Waals surface area contributed by atoms with Crippen molar-refractivity contribution >= 4 is 21.8 Å². The number of hydrogen-bond donors (Lipinski definition) is 0. The van der Waals surface area contributed by atoms with Gasteiger partial charge in [-0.05, 0) is 103 Å². The molecular weight excluding hydrogens is 675 g/mol. The molecule has 0 fully saturated rings. The zero-order valence-electron chi connectivity index (χ0n) is 30.7. The van der Waals surface area contributed by atoms with Gasteiger partial charge in [0, 0.05) is 22.0 Å². The summed E-state index contributed by atoms with van der Waals surface area (Å²) in [7, 11) is 0. The van der Waals surface area contributed by atoms with Gasteiger partial charge in [-0.1, -0.05) is 182 Å². The van der Waals surface area contributed by atoms with Crippen molar-refractivity contribution in [3.63, 3.8) is 0 Å². The molecule has 0 aliphatic heterocycles. The van der Waals surface area contributed by atoms with Crippen LogP contribution in [0, 0.1) is 0 Å². The first kappa shape index (κ1) is 31.2. The van der Waals surface area contributed by atoms with E-state index in [1.165, 1.54) is 99.7 Å². The topological polar surface area (TPSA) is 4.93 Å². The Morgan fingerprint density at radius 2 is 0.786 bits per heavy atom. The summed E-state index contributed by atoms with van der Waals surface area (Å²) in [5.41, 5.74) is 21.1. The van der Waals surface area contributed by atoms with Crippen molar-refractivity contribution in [2.45, 2.75) is 5.41 Å². The summed E-state index contributed by atoms with van der Waals surface area (Å²) < 4.78 is 2.57. The molecule has 1 spiro atoms. The van der Waals surface area contributed by atoms with E-state index in [0.717, 1.165) is 5.69 Å². The van der Waals surface area contributed by atoms with Crippen LogP contribution in [0.25, 0.3) is 83.1 Å². The minimum atomic E-state index is -0.527. The highest BCUT2D eigenvalue weighted by Crippen LogP contribution is 2.66. The van der Waals surface area contributed by atoms with E-state index in [9.17, 15) is 0 Å². The van der Waals surface area contributed by atoms with E-state index in [-0.39, 0.29) is 0 Å². The normalized spacial score (nSPS) is 13.1. The molecule has 9 aromatic carbocycles. The highest BCUT2D eigenvalue weighted by atomic mass is 15.0. The highest BCUT2D eigenvalue weighted by molar-refractivity contribution is 6.18. The molecule has 1 heterocycles. The van der Waals surface area contributed by atoms with Gasteiger partial charge in [0.25, 0.3) is 0 Å². The Balaban J connectivity index is 1.30. The maximum atomic E-state index is 2.57. The molecule has 0 amide bonds. The van der Waals surface area contributed by atoms with Crippen LogP contribution in [-0.4, -0.2) is 4.57 Å². The van der Waals surface area contributed by atoms with Crippen LogP contribution in [0.3, 0.4) is 0 Å². The second-order valence-corrected chi connectivity index (χ2v) is 15.2. The highest BCUT2D eigenvalue weighted by Gasteiger charge is 2.53. The number of nitrogens with zero attached hydrogens (tertiary/aromatic N) is 1. The van der Waals surface area contributed by atoms with Crippen molar-refractivity contribution in [3.8, 4) is 61.3 Å². The zero-order chi connectivity index (χ0) is 36.8. The van der Waals surface area contributed by atoms with Crippen LogP contribution in [0.5, 0.6) is 0 Å². The first-order chi connectivity index (χ1) is 27.8. The Morgan fingerprint density at radius 3 is 1.39 bits per heavy atom. The van der Waals surface area contributed by atoms with Crippen LogP contribution in [-0.2, 0) is 5.41 Å². The summed E-state index contributed by atoms with van der Waals surface area (Å²) in [6.07, 6.45) is 0. The molecule has 12 rings (SSSR count). The molecule has 0 unspecified atom stereocenters. The summed E-state index contributed by atoms with van der Waals surface area (Å²) in [5.74, 6) is 0. The number of rotatable bonds is 4. The van der Waals surface area contributed by atoms with Crippen molar-refractivity contribution in [2.24, 2.45) is 0 Å². The third-order valence-corrected chi connectivity index (χ3v) is 12.4. The minimum absolute atomic E-state index is 0.527. The monoisotopic (exact) mass is 709 g/mol. The second-order valence-electron chi connectivity index (χ2n) is 15.2. The minimum Gasteiger partial charge on any atom is -0.309 e. The molecule has 2 aliphatic carbocycles. The van der Waals surface area contributed by atoms with E-state index in [4.69, 9.17) is 0 Å². The van der Waals surface area contributed by atoms with Crippen LogP contribution in [0.15, 0.2) is 212 Å². The fourth-order valence-electron chi connectivity index (χ4n) is 10.1. The van der Waals surface area contributed by atoms with Crippen molar-refractivity contribution in [2.75, 3.05) is 0 Å². The van der Waals surface area contributed by atoms with Crippen LogP contribution in [0.1, 0.15) is 22.3 Å². The van der Waals surface area contributed by atoms with Gasteiger partial charge in [0.05, 0.1) is 16.4 Å². The van der Waals surface area contributed by atoms with E-state index < -0.39 is 5.41 Å². The molecule has 10 aromatic rings. The molecule has 0 radical (unpaired) electrons. The number of benzene rings is 9. The van der Waals surface area contributed by atoms with Crippen molar-refractivity contribution < 1.29 is 0 Å². The molecule has 0 N–H and O–H groups in total. The van der Waals surface area contributed by atoms with Crippen molar-refractivity contribution in [3.05, 3.63) is 235 Å². The molecule has 1 aromatic heterocycles. The maximum Gasteiger partial charge on any atom is 0.0746 e. The average molecular weight is 710 g/mol. The first-order valence-corrected chi connectivity index (χ1v) is 19.5. The van der Waals surface area contributed by atoms with Crippen molar-refractivity contribution in [1.29, 1.82) is 0 Å². The van der Waals surface area contributed by atoms with Gasteiger partial charge in [-0.15, -0.1) is 0 Å². The van der Waals surface area contributed by atoms with Crippen molar-refractivity contribution in [1.82, 2.24) is 4.57 Å². The standard InChI is InChI=1S/C55H35N/c1-4-16-36(17-5-1)38-28-31-41(32-29-38)56-51-33-30-40(37-18-6-2-7-19-37)34-46(51)47-35-45(39-20-8-3-9-21-39)52-44-24-12-15-27-50(44)55(53(52)54(47)56)48-25-13-10-22-42(48)43-23-11-14-26-49(43)55/h1-35H. The van der Waals surface area contributed by atoms with E-state index in [1.54, 1.807) is 0 Å². The molecule has 0 bridgehead atoms. The lowest BCUT2D eigenvalue weighted by molar-refractivity contribution is 0.797. The van der Waals surface area contributed by atoms with E-state index in [2.05, 4.69) is 217 Å². The SMILES string of the molecule is c1ccc(-c2ccc(-n3c4ccc(-c5ccccc5)cc4c4cc(-c5ccccc5)c5c(c43)C3(c4ccccc4-c4ccccc43)c3ccccc3-5)cc2)cc1. The summed E-state index contributed by atoms with van der Waals surface area (Å²) in [4.78, 5) is 0. The molecule has 0 atom stereocenters. The Kier molecular flexibility index (Phi) is 6.62. The molecule has 1 nitrogen and oxygen atoms in total. The molecule has 0 saturated heterocycles. The number of fused-ring (bicyclic) bond motifs is 14. The largest absolute Gasteiger partial charge is 0.309 e. The van der Waals surface area contributed by atoms with Crippen LogP contribution in [0.4, 0.5) is 0 Å². The Hall–Kier alpha value is -7.22. The smallest absolute Gasteiger partial charge is 0.0746 e. The predicted octanol–water partition coefficient (Wildman–Crippen LogP) is 14.1. The zero-order valence-corrected chi connectivity index (χ0v) is 30.7. The molecule has 1 heteroatoms. The summed E-state index contributed by atoms with van der Waals surface area (Å²) >= 11 is 0. The lowest BCUT2D eigenvalue weighted by Gasteiger charge is -2.31. The lowest BCUT2D eigenvalue weighted by Crippen LogP contribution is -2.26. The van der Waals surface area contributed by atoms with E-state index in [1.807, 2.05) is 0 Å². The number of hydrogen-bond acceptors (Lipinski definition) is 0. The molecule has 260 valence electrons. The summed E-state index contributed by atoms with van der Waals surface area (Å²) in [5, 5.41) is 2.51. The molecule has 0 saturated carbocycles. The second kappa shape index (κ2) is 11.9. The van der Waals surface area contributed by atoms with Crippen LogP contribution < -0.4 is 0 Å². The Labute approximate surface area is 326 Å². The predicted molar refractivity (Wildman–Crippen MR) is 233 cm³/mol. The number of aromatic nitrogens is 1. The molecular formula is C55H35N. The van der Waals surface area contributed by atoms with Gasteiger partial charge >= 0.3 is 0 Å². The van der Waals surface area contributed by atoms with Gasteiger partial charge in [0.15, 0.2) is 0 Å². The maximum absolute atomic E-state index is 2.57. The quantitative estimate of drug-likeness (QED) is 0.171. The fraction of sp³-hybridized carbons (Fsp3) is 0.0182. The van der Waals surface area contributed by atoms with Crippen LogP contribution in [0.2, 0.25) is 0 Å². The van der Waals surface area contributed by atoms with Gasteiger partial charge in [-0.3, -0.25) is 0 Å². The summed E-state index contributed by atoms with van der Waals surface area (Å²) in [6.45, 7) is 0. The molecule has 2 aliphatic rings. The van der Waals surface area contributed by atoms with Gasteiger partial charge in [-0.2, -0.15) is 0 Å². The third kappa shape index (κ3) is 4.20. The first-order valence-electron chi connectivity index (χ1n) is 19.5. The Bertz CT molecular complexity index is 3110. The van der Waals surface area contributed by atoms with E-state index >= 15 is 0 Å². The fourth-order valence-corrected chi connectivity index (χ4v) is 10.1. The van der Waals surface area contributed by atoms with Gasteiger partial charge in [0.2, 0.25) is 0 Å². The van der Waals surface area contributed by atoms with Gasteiger partial charge in [0.1, 0.15) is 0 Å². The summed E-state index contributed by atoms with van der Waals surface area (Å²) in [6, 6.07) is 78.8. The van der Waals surface area contributed by atoms with E-state index in [0.29, 0.717) is 0 Å². The van der Waals surface area contributed by atoms with Gasteiger partial charge in [-0.25, -0.2) is 0 Å². The average Bonchev–Trinajstić information content (AvgIpc) is 3.89. The van der Waals surface area contributed by atoms with Gasteiger partial charge < -0.3 is 4.57 Å².